The molecule has 0 radical (unpaired) electrons. The number of hydrogen-bond donors (Lipinski definition) is 2. The van der Waals surface area contributed by atoms with Crippen molar-refractivity contribution in [1.82, 2.24) is 10.7 Å². The summed E-state index contributed by atoms with van der Waals surface area (Å²) in [6.45, 7) is 3.89. The SMILES string of the molecule is COCCNC(=S)N/N=C(/C)c1cccc(N2CCCC2=O)c1. The van der Waals surface area contributed by atoms with Crippen molar-refractivity contribution in [2.24, 2.45) is 5.10 Å². The molecule has 0 unspecified atom stereocenters. The molecule has 6 nitrogen and oxygen atoms in total. The van der Waals surface area contributed by atoms with Crippen LogP contribution >= 0.6 is 12.2 Å². The average Bonchev–Trinajstić information content (AvgIpc) is 2.99. The molecule has 0 bridgehead atoms. The summed E-state index contributed by atoms with van der Waals surface area (Å²) in [5.41, 5.74) is 5.48. The van der Waals surface area contributed by atoms with E-state index in [2.05, 4.69) is 15.8 Å². The van der Waals surface area contributed by atoms with E-state index in [9.17, 15) is 4.79 Å². The molecule has 0 aliphatic carbocycles. The molecule has 1 saturated heterocycles. The third-order valence-corrected chi connectivity index (χ3v) is 3.80. The van der Waals surface area contributed by atoms with E-state index in [1.807, 2.05) is 36.1 Å². The molecule has 1 aromatic carbocycles. The average molecular weight is 334 g/mol. The van der Waals surface area contributed by atoms with Crippen LogP contribution in [0.2, 0.25) is 0 Å². The minimum Gasteiger partial charge on any atom is -0.383 e. The van der Waals surface area contributed by atoms with Gasteiger partial charge >= 0.3 is 0 Å². The van der Waals surface area contributed by atoms with Gasteiger partial charge in [-0.2, -0.15) is 5.10 Å². The molecule has 0 aromatic heterocycles. The molecule has 7 heteroatoms. The maximum Gasteiger partial charge on any atom is 0.227 e. The molecule has 1 heterocycles. The first-order chi connectivity index (χ1) is 11.1. The first-order valence-electron chi connectivity index (χ1n) is 7.59. The monoisotopic (exact) mass is 334 g/mol. The second kappa shape index (κ2) is 8.59. The van der Waals surface area contributed by atoms with E-state index in [4.69, 9.17) is 17.0 Å². The number of rotatable bonds is 6. The molecule has 1 amide bonds. The summed E-state index contributed by atoms with van der Waals surface area (Å²) >= 11 is 5.13. The summed E-state index contributed by atoms with van der Waals surface area (Å²) < 4.78 is 4.94. The topological polar surface area (TPSA) is 66.0 Å². The molecular formula is C16H22N4O2S. The molecule has 1 aromatic rings. The summed E-state index contributed by atoms with van der Waals surface area (Å²) in [5, 5.41) is 7.72. The van der Waals surface area contributed by atoms with Crippen LogP contribution < -0.4 is 15.6 Å². The van der Waals surface area contributed by atoms with Crippen LogP contribution in [0.5, 0.6) is 0 Å². The Kier molecular flexibility index (Phi) is 6.49. The number of nitrogens with one attached hydrogen (secondary N) is 2. The first-order valence-corrected chi connectivity index (χ1v) is 8.00. The summed E-state index contributed by atoms with van der Waals surface area (Å²) in [4.78, 5) is 13.7. The maximum absolute atomic E-state index is 11.8. The lowest BCUT2D eigenvalue weighted by molar-refractivity contribution is -0.117. The number of hydrogen-bond acceptors (Lipinski definition) is 4. The van der Waals surface area contributed by atoms with Crippen molar-refractivity contribution in [3.05, 3.63) is 29.8 Å². The summed E-state index contributed by atoms with van der Waals surface area (Å²) in [7, 11) is 1.64. The fourth-order valence-corrected chi connectivity index (χ4v) is 2.47. The van der Waals surface area contributed by atoms with Gasteiger partial charge < -0.3 is 15.0 Å². The summed E-state index contributed by atoms with van der Waals surface area (Å²) in [6.07, 6.45) is 1.54. The van der Waals surface area contributed by atoms with Crippen LogP contribution in [0.4, 0.5) is 5.69 Å². The van der Waals surface area contributed by atoms with Crippen LogP contribution in [-0.4, -0.2) is 43.5 Å². The summed E-state index contributed by atoms with van der Waals surface area (Å²) in [6, 6.07) is 7.83. The van der Waals surface area contributed by atoms with Crippen molar-refractivity contribution in [1.29, 1.82) is 0 Å². The Hall–Kier alpha value is -1.99. The Morgan fingerprint density at radius 3 is 3.00 bits per heavy atom. The number of carbonyl (C=O) groups is 1. The number of amides is 1. The van der Waals surface area contributed by atoms with Crippen LogP contribution in [-0.2, 0) is 9.53 Å². The van der Waals surface area contributed by atoms with Gasteiger partial charge in [-0.15, -0.1) is 0 Å². The van der Waals surface area contributed by atoms with Crippen LogP contribution in [0.3, 0.4) is 0 Å². The number of carbonyl (C=O) groups excluding carboxylic acids is 1. The molecule has 124 valence electrons. The van der Waals surface area contributed by atoms with Crippen LogP contribution in [0.15, 0.2) is 29.4 Å². The van der Waals surface area contributed by atoms with Gasteiger partial charge in [-0.05, 0) is 43.3 Å². The Balaban J connectivity index is 1.99. The number of benzene rings is 1. The predicted octanol–water partition coefficient (Wildman–Crippen LogP) is 1.65. The smallest absolute Gasteiger partial charge is 0.227 e. The van der Waals surface area contributed by atoms with Gasteiger partial charge in [0.25, 0.3) is 0 Å². The molecule has 23 heavy (non-hydrogen) atoms. The lowest BCUT2D eigenvalue weighted by Gasteiger charge is -2.16. The van der Waals surface area contributed by atoms with E-state index >= 15 is 0 Å². The lowest BCUT2D eigenvalue weighted by atomic mass is 10.1. The largest absolute Gasteiger partial charge is 0.383 e. The Bertz CT molecular complexity index is 603. The number of hydrazone groups is 1. The van der Waals surface area contributed by atoms with Crippen molar-refractivity contribution in [3.8, 4) is 0 Å². The molecule has 0 saturated carbocycles. The second-order valence-corrected chi connectivity index (χ2v) is 5.67. The maximum atomic E-state index is 11.8. The number of methoxy groups -OCH3 is 1. The van der Waals surface area contributed by atoms with Gasteiger partial charge in [0.05, 0.1) is 12.3 Å². The number of thiocarbonyl (C=S) groups is 1. The van der Waals surface area contributed by atoms with Gasteiger partial charge in [-0.25, -0.2) is 0 Å². The third kappa shape index (κ3) is 5.01. The highest BCUT2D eigenvalue weighted by atomic mass is 32.1. The fourth-order valence-electron chi connectivity index (χ4n) is 2.33. The zero-order chi connectivity index (χ0) is 16.7. The lowest BCUT2D eigenvalue weighted by Crippen LogP contribution is -2.34. The molecule has 1 aliphatic heterocycles. The number of nitrogens with zero attached hydrogens (tertiary/aromatic N) is 2. The van der Waals surface area contributed by atoms with Gasteiger partial charge in [0.1, 0.15) is 0 Å². The normalized spacial score (nSPS) is 15.0. The van der Waals surface area contributed by atoms with Gasteiger partial charge in [-0.1, -0.05) is 12.1 Å². The molecule has 1 aliphatic rings. The van der Waals surface area contributed by atoms with Crippen molar-refractivity contribution in [2.45, 2.75) is 19.8 Å². The molecule has 1 fully saturated rings. The van der Waals surface area contributed by atoms with E-state index in [0.717, 1.165) is 29.9 Å². The number of ether oxygens (including phenoxy) is 1. The molecule has 2 rings (SSSR count). The van der Waals surface area contributed by atoms with Crippen molar-refractivity contribution in [3.63, 3.8) is 0 Å². The molecule has 2 N–H and O–H groups in total. The minimum absolute atomic E-state index is 0.179. The predicted molar refractivity (Wildman–Crippen MR) is 95.9 cm³/mol. The van der Waals surface area contributed by atoms with Gasteiger partial charge in [0, 0.05) is 32.3 Å². The summed E-state index contributed by atoms with van der Waals surface area (Å²) in [5.74, 6) is 0.179. The highest BCUT2D eigenvalue weighted by Gasteiger charge is 2.21. The van der Waals surface area contributed by atoms with E-state index in [0.29, 0.717) is 24.7 Å². The third-order valence-electron chi connectivity index (χ3n) is 3.57. The van der Waals surface area contributed by atoms with Crippen molar-refractivity contribution >= 4 is 34.6 Å². The molecular weight excluding hydrogens is 312 g/mol. The molecule has 0 spiro atoms. The zero-order valence-corrected chi connectivity index (χ0v) is 14.3. The number of anilines is 1. The van der Waals surface area contributed by atoms with Crippen LogP contribution in [0.25, 0.3) is 0 Å². The van der Waals surface area contributed by atoms with E-state index in [1.54, 1.807) is 7.11 Å². The Labute approximate surface area is 141 Å². The Morgan fingerprint density at radius 1 is 1.48 bits per heavy atom. The van der Waals surface area contributed by atoms with Crippen LogP contribution in [0.1, 0.15) is 25.3 Å². The van der Waals surface area contributed by atoms with Gasteiger partial charge in [-0.3, -0.25) is 10.2 Å². The standard InChI is InChI=1S/C16H22N4O2S/c1-12(18-19-16(23)17-8-10-22-2)13-5-3-6-14(11-13)20-9-4-7-15(20)21/h3,5-6,11H,4,7-10H2,1-2H3,(H2,17,19,23)/b18-12-. The van der Waals surface area contributed by atoms with E-state index in [1.165, 1.54) is 0 Å². The zero-order valence-electron chi connectivity index (χ0n) is 13.5. The van der Waals surface area contributed by atoms with Gasteiger partial charge in [0.2, 0.25) is 5.91 Å². The highest BCUT2D eigenvalue weighted by Crippen LogP contribution is 2.22. The quantitative estimate of drug-likeness (QED) is 0.358. The van der Waals surface area contributed by atoms with Crippen LogP contribution in [0, 0.1) is 0 Å². The second-order valence-electron chi connectivity index (χ2n) is 5.26. The molecule has 0 atom stereocenters. The fraction of sp³-hybridized carbons (Fsp3) is 0.438. The van der Waals surface area contributed by atoms with E-state index in [-0.39, 0.29) is 5.91 Å². The van der Waals surface area contributed by atoms with Gasteiger partial charge in [0.15, 0.2) is 5.11 Å². The first kappa shape index (κ1) is 17.4. The minimum atomic E-state index is 0.179. The highest BCUT2D eigenvalue weighted by molar-refractivity contribution is 7.80. The van der Waals surface area contributed by atoms with Crippen molar-refractivity contribution < 1.29 is 9.53 Å². The van der Waals surface area contributed by atoms with Crippen molar-refractivity contribution in [2.75, 3.05) is 31.7 Å². The Morgan fingerprint density at radius 2 is 2.30 bits per heavy atom. The van der Waals surface area contributed by atoms with E-state index < -0.39 is 0 Å².